The molecular weight excluding hydrogens is 307 g/mol. The Balaban J connectivity index is 1.79. The highest BCUT2D eigenvalue weighted by Crippen LogP contribution is 2.07. The zero-order valence-electron chi connectivity index (χ0n) is 14.1. The largest absolute Gasteiger partial charge is 0.369 e. The molecule has 1 heterocycles. The van der Waals surface area contributed by atoms with Gasteiger partial charge in [0.05, 0.1) is 5.56 Å². The second-order valence-electron chi connectivity index (χ2n) is 5.76. The number of likely N-dealkylation sites (N-methyl/N-ethyl adjacent to an activating group) is 1. The second kappa shape index (κ2) is 8.98. The predicted octanol–water partition coefficient (Wildman–Crippen LogP) is 2.17. The maximum Gasteiger partial charge on any atom is 0.252 e. The first-order chi connectivity index (χ1) is 11.6. The molecule has 2 aromatic rings. The Labute approximate surface area is 141 Å². The zero-order chi connectivity index (χ0) is 17.4. The van der Waals surface area contributed by atoms with E-state index in [0.717, 1.165) is 18.9 Å². The third-order valence-corrected chi connectivity index (χ3v) is 3.53. The molecule has 0 radical (unpaired) electrons. The molecule has 0 saturated carbocycles. The summed E-state index contributed by atoms with van der Waals surface area (Å²) in [5, 5.41) is 5.97. The van der Waals surface area contributed by atoms with Crippen LogP contribution in [-0.4, -0.2) is 49.5 Å². The summed E-state index contributed by atoms with van der Waals surface area (Å²) in [5.74, 6) is 0.278. The van der Waals surface area contributed by atoms with E-state index in [1.165, 1.54) is 12.3 Å². The third kappa shape index (κ3) is 5.62. The summed E-state index contributed by atoms with van der Waals surface area (Å²) < 4.78 is 13.5. The van der Waals surface area contributed by atoms with Gasteiger partial charge in [0, 0.05) is 25.8 Å². The van der Waals surface area contributed by atoms with Crippen LogP contribution in [0.1, 0.15) is 15.9 Å². The predicted molar refractivity (Wildman–Crippen MR) is 93.7 cm³/mol. The molecule has 24 heavy (non-hydrogen) atoms. The van der Waals surface area contributed by atoms with Crippen molar-refractivity contribution >= 4 is 11.7 Å². The van der Waals surface area contributed by atoms with Crippen molar-refractivity contribution < 1.29 is 9.18 Å². The van der Waals surface area contributed by atoms with E-state index in [1.807, 2.05) is 14.1 Å². The van der Waals surface area contributed by atoms with Gasteiger partial charge in [-0.05, 0) is 44.3 Å². The fourth-order valence-corrected chi connectivity index (χ4v) is 2.15. The van der Waals surface area contributed by atoms with Gasteiger partial charge in [-0.1, -0.05) is 18.2 Å². The van der Waals surface area contributed by atoms with E-state index in [2.05, 4.69) is 20.5 Å². The first kappa shape index (κ1) is 17.9. The number of amides is 1. The van der Waals surface area contributed by atoms with Crippen molar-refractivity contribution in [2.45, 2.75) is 6.42 Å². The summed E-state index contributed by atoms with van der Waals surface area (Å²) in [5.41, 5.74) is 1.08. The molecule has 0 fully saturated rings. The number of nitrogens with one attached hydrogen (secondary N) is 2. The summed E-state index contributed by atoms with van der Waals surface area (Å²) in [6, 6.07) is 10.1. The molecule has 0 atom stereocenters. The summed E-state index contributed by atoms with van der Waals surface area (Å²) in [4.78, 5) is 18.4. The number of halogens is 1. The van der Waals surface area contributed by atoms with Crippen molar-refractivity contribution in [2.75, 3.05) is 39.0 Å². The van der Waals surface area contributed by atoms with Crippen LogP contribution >= 0.6 is 0 Å². The topological polar surface area (TPSA) is 57.3 Å². The lowest BCUT2D eigenvalue weighted by Crippen LogP contribution is -2.26. The fraction of sp³-hybridized carbons (Fsp3) is 0.333. The van der Waals surface area contributed by atoms with Crippen molar-refractivity contribution in [3.63, 3.8) is 0 Å². The van der Waals surface area contributed by atoms with Crippen molar-refractivity contribution in [3.8, 4) is 0 Å². The molecule has 1 amide bonds. The highest BCUT2D eigenvalue weighted by atomic mass is 19.1. The van der Waals surface area contributed by atoms with Gasteiger partial charge in [0.25, 0.3) is 5.91 Å². The summed E-state index contributed by atoms with van der Waals surface area (Å²) in [6.45, 7) is 2.07. The van der Waals surface area contributed by atoms with Crippen molar-refractivity contribution in [2.24, 2.45) is 0 Å². The van der Waals surface area contributed by atoms with Crippen LogP contribution in [0.2, 0.25) is 0 Å². The standard InChI is InChI=1S/C18H23FN4O/c1-23(2)12-11-20-17-8-7-15(13-22-17)18(24)21-10-9-14-5-3-4-6-16(14)19/h3-8,13H,9-12H2,1-2H3,(H,20,22)(H,21,24). The first-order valence-corrected chi connectivity index (χ1v) is 7.92. The van der Waals surface area contributed by atoms with E-state index in [-0.39, 0.29) is 11.7 Å². The van der Waals surface area contributed by atoms with Gasteiger partial charge in [0.15, 0.2) is 0 Å². The number of hydrogen-bond donors (Lipinski definition) is 2. The minimum Gasteiger partial charge on any atom is -0.369 e. The maximum atomic E-state index is 13.5. The highest BCUT2D eigenvalue weighted by molar-refractivity contribution is 5.94. The van der Waals surface area contributed by atoms with Gasteiger partial charge in [0.2, 0.25) is 0 Å². The lowest BCUT2D eigenvalue weighted by Gasteiger charge is -2.11. The Morgan fingerprint density at radius 2 is 1.96 bits per heavy atom. The van der Waals surface area contributed by atoms with Crippen LogP contribution < -0.4 is 10.6 Å². The van der Waals surface area contributed by atoms with Gasteiger partial charge < -0.3 is 15.5 Å². The molecule has 5 nitrogen and oxygen atoms in total. The first-order valence-electron chi connectivity index (χ1n) is 7.92. The maximum absolute atomic E-state index is 13.5. The van der Waals surface area contributed by atoms with Crippen molar-refractivity contribution in [1.82, 2.24) is 15.2 Å². The van der Waals surface area contributed by atoms with E-state index < -0.39 is 0 Å². The summed E-state index contributed by atoms with van der Waals surface area (Å²) >= 11 is 0. The molecule has 1 aromatic carbocycles. The molecule has 128 valence electrons. The van der Waals surface area contributed by atoms with E-state index in [4.69, 9.17) is 0 Å². The Hall–Kier alpha value is -2.47. The Bertz CT molecular complexity index is 658. The molecular formula is C18H23FN4O. The third-order valence-electron chi connectivity index (χ3n) is 3.53. The Morgan fingerprint density at radius 1 is 1.17 bits per heavy atom. The molecule has 1 aromatic heterocycles. The molecule has 0 aliphatic rings. The van der Waals surface area contributed by atoms with Gasteiger partial charge in [0.1, 0.15) is 11.6 Å². The van der Waals surface area contributed by atoms with E-state index in [9.17, 15) is 9.18 Å². The van der Waals surface area contributed by atoms with Crippen molar-refractivity contribution in [1.29, 1.82) is 0 Å². The highest BCUT2D eigenvalue weighted by Gasteiger charge is 2.07. The number of anilines is 1. The molecule has 0 aliphatic heterocycles. The molecule has 0 unspecified atom stereocenters. The minimum absolute atomic E-state index is 0.210. The second-order valence-corrected chi connectivity index (χ2v) is 5.76. The van der Waals surface area contributed by atoms with Crippen LogP contribution in [0.15, 0.2) is 42.6 Å². The quantitative estimate of drug-likeness (QED) is 0.779. The van der Waals surface area contributed by atoms with Crippen LogP contribution in [-0.2, 0) is 6.42 Å². The lowest BCUT2D eigenvalue weighted by atomic mass is 10.1. The number of nitrogens with zero attached hydrogens (tertiary/aromatic N) is 2. The van der Waals surface area contributed by atoms with Crippen LogP contribution in [0.25, 0.3) is 0 Å². The number of carbonyl (C=O) groups excluding carboxylic acids is 1. The van der Waals surface area contributed by atoms with E-state index in [0.29, 0.717) is 24.1 Å². The monoisotopic (exact) mass is 330 g/mol. The zero-order valence-corrected chi connectivity index (χ0v) is 14.1. The minimum atomic E-state index is -0.249. The van der Waals surface area contributed by atoms with Gasteiger partial charge in [-0.15, -0.1) is 0 Å². The molecule has 0 bridgehead atoms. The summed E-state index contributed by atoms with van der Waals surface area (Å²) in [6.07, 6.45) is 1.99. The Morgan fingerprint density at radius 3 is 2.62 bits per heavy atom. The molecule has 2 rings (SSSR count). The normalized spacial score (nSPS) is 10.7. The van der Waals surface area contributed by atoms with Gasteiger partial charge in [-0.2, -0.15) is 0 Å². The van der Waals surface area contributed by atoms with Crippen LogP contribution in [0.5, 0.6) is 0 Å². The number of hydrogen-bond acceptors (Lipinski definition) is 4. The van der Waals surface area contributed by atoms with Crippen LogP contribution in [0.3, 0.4) is 0 Å². The molecule has 6 heteroatoms. The van der Waals surface area contributed by atoms with Crippen molar-refractivity contribution in [3.05, 3.63) is 59.5 Å². The smallest absolute Gasteiger partial charge is 0.252 e. The molecule has 0 saturated heterocycles. The van der Waals surface area contributed by atoms with Crippen LogP contribution in [0.4, 0.5) is 10.2 Å². The average molecular weight is 330 g/mol. The van der Waals surface area contributed by atoms with Gasteiger partial charge in [-0.3, -0.25) is 4.79 Å². The molecule has 0 aliphatic carbocycles. The lowest BCUT2D eigenvalue weighted by molar-refractivity contribution is 0.0953. The fourth-order valence-electron chi connectivity index (χ4n) is 2.15. The number of pyridine rings is 1. The van der Waals surface area contributed by atoms with Gasteiger partial charge in [-0.25, -0.2) is 9.37 Å². The van der Waals surface area contributed by atoms with Crippen LogP contribution in [0, 0.1) is 5.82 Å². The molecule has 0 spiro atoms. The van der Waals surface area contributed by atoms with E-state index >= 15 is 0 Å². The summed E-state index contributed by atoms with van der Waals surface area (Å²) in [7, 11) is 4.01. The number of aromatic nitrogens is 1. The van der Waals surface area contributed by atoms with E-state index in [1.54, 1.807) is 30.3 Å². The number of rotatable bonds is 8. The molecule has 2 N–H and O–H groups in total. The number of carbonyl (C=O) groups is 1. The number of benzene rings is 1. The average Bonchev–Trinajstić information content (AvgIpc) is 2.57. The van der Waals surface area contributed by atoms with Gasteiger partial charge >= 0.3 is 0 Å². The Kier molecular flexibility index (Phi) is 6.69. The SMILES string of the molecule is CN(C)CCNc1ccc(C(=O)NCCc2ccccc2F)cn1.